The van der Waals surface area contributed by atoms with Crippen LogP contribution < -0.4 is 4.72 Å². The van der Waals surface area contributed by atoms with E-state index >= 15 is 0 Å². The van der Waals surface area contributed by atoms with Gasteiger partial charge >= 0.3 is 0 Å². The summed E-state index contributed by atoms with van der Waals surface area (Å²) in [6, 6.07) is 0.0425. The molecule has 4 heterocycles. The average Bonchev–Trinajstić information content (AvgIpc) is 2.89. The molecule has 19 heavy (non-hydrogen) atoms. The number of aromatic amines is 1. The minimum absolute atomic E-state index is 0.0425. The highest BCUT2D eigenvalue weighted by Gasteiger charge is 2.36. The summed E-state index contributed by atoms with van der Waals surface area (Å²) in [5.41, 5.74) is 0. The predicted octanol–water partition coefficient (Wildman–Crippen LogP) is 0.345. The summed E-state index contributed by atoms with van der Waals surface area (Å²) in [4.78, 5) is 9.25. The van der Waals surface area contributed by atoms with Crippen LogP contribution in [-0.4, -0.2) is 49.0 Å². The summed E-state index contributed by atoms with van der Waals surface area (Å²) in [5, 5.41) is 0.181. The lowest BCUT2D eigenvalue weighted by atomic mass is 9.85. The molecule has 6 nitrogen and oxygen atoms in total. The smallest absolute Gasteiger partial charge is 0.257 e. The summed E-state index contributed by atoms with van der Waals surface area (Å²) in [7, 11) is -3.47. The second kappa shape index (κ2) is 4.88. The van der Waals surface area contributed by atoms with E-state index in [2.05, 4.69) is 19.6 Å². The second-order valence-electron chi connectivity index (χ2n) is 5.41. The van der Waals surface area contributed by atoms with E-state index in [0.717, 1.165) is 32.5 Å². The van der Waals surface area contributed by atoms with E-state index < -0.39 is 10.0 Å². The number of sulfonamides is 1. The topological polar surface area (TPSA) is 78.1 Å². The number of hydrogen-bond acceptors (Lipinski definition) is 4. The van der Waals surface area contributed by atoms with Crippen LogP contribution in [-0.2, 0) is 16.4 Å². The fourth-order valence-electron chi connectivity index (χ4n) is 3.02. The van der Waals surface area contributed by atoms with Gasteiger partial charge in [0.25, 0.3) is 10.0 Å². The first-order chi connectivity index (χ1) is 9.08. The lowest BCUT2D eigenvalue weighted by Gasteiger charge is -2.44. The molecule has 2 N–H and O–H groups in total. The highest BCUT2D eigenvalue weighted by atomic mass is 32.2. The molecule has 0 aromatic carbocycles. The number of fused-ring (bicyclic) bond motifs is 3. The number of rotatable bonds is 4. The molecule has 7 heteroatoms. The van der Waals surface area contributed by atoms with Crippen LogP contribution in [0.25, 0.3) is 0 Å². The van der Waals surface area contributed by atoms with E-state index in [1.54, 1.807) is 0 Å². The quantitative estimate of drug-likeness (QED) is 0.836. The first-order valence-electron chi connectivity index (χ1n) is 6.87. The molecule has 3 saturated heterocycles. The zero-order valence-electron chi connectivity index (χ0n) is 11.1. The maximum absolute atomic E-state index is 12.3. The molecular formula is C12H20N4O2S. The van der Waals surface area contributed by atoms with Crippen molar-refractivity contribution in [3.8, 4) is 0 Å². The van der Waals surface area contributed by atoms with Gasteiger partial charge in [-0.2, -0.15) is 0 Å². The normalized spacial score (nSPS) is 30.7. The standard InChI is InChI=1S/C12H20N4O2S/c1-2-11-13-7-12(14-11)19(17,18)15-10-8-16-5-3-9(10)4-6-16/h7,9-10,15H,2-6,8H2,1H3,(H,13,14). The van der Waals surface area contributed by atoms with E-state index in [0.29, 0.717) is 18.2 Å². The van der Waals surface area contributed by atoms with Crippen LogP contribution >= 0.6 is 0 Å². The molecule has 1 aromatic heterocycles. The Morgan fingerprint density at radius 3 is 2.74 bits per heavy atom. The summed E-state index contributed by atoms with van der Waals surface area (Å²) < 4.78 is 27.4. The molecule has 1 atom stereocenters. The Kier molecular flexibility index (Phi) is 3.36. The van der Waals surface area contributed by atoms with Gasteiger partial charge in [0.05, 0.1) is 6.20 Å². The van der Waals surface area contributed by atoms with Gasteiger partial charge in [0.1, 0.15) is 5.82 Å². The monoisotopic (exact) mass is 284 g/mol. The number of nitrogens with zero attached hydrogens (tertiary/aromatic N) is 2. The Morgan fingerprint density at radius 2 is 2.21 bits per heavy atom. The Morgan fingerprint density at radius 1 is 1.47 bits per heavy atom. The van der Waals surface area contributed by atoms with E-state index in [1.165, 1.54) is 6.20 Å². The van der Waals surface area contributed by atoms with Gasteiger partial charge in [-0.05, 0) is 31.8 Å². The SMILES string of the molecule is CCc1ncc(S(=O)(=O)NC2CN3CCC2CC3)[nH]1. The number of piperidine rings is 3. The van der Waals surface area contributed by atoms with E-state index in [9.17, 15) is 8.42 Å². The first-order valence-corrected chi connectivity index (χ1v) is 8.35. The number of H-pyrrole nitrogens is 1. The summed E-state index contributed by atoms with van der Waals surface area (Å²) in [5.74, 6) is 1.18. The molecule has 4 rings (SSSR count). The largest absolute Gasteiger partial charge is 0.332 e. The molecule has 3 aliphatic rings. The van der Waals surface area contributed by atoms with Crippen LogP contribution in [0.5, 0.6) is 0 Å². The van der Waals surface area contributed by atoms with Crippen molar-refractivity contribution in [3.63, 3.8) is 0 Å². The van der Waals surface area contributed by atoms with Crippen molar-refractivity contribution in [2.24, 2.45) is 5.92 Å². The van der Waals surface area contributed by atoms with E-state index in [1.807, 2.05) is 6.92 Å². The van der Waals surface area contributed by atoms with Crippen LogP contribution in [0.3, 0.4) is 0 Å². The van der Waals surface area contributed by atoms with Gasteiger partial charge < -0.3 is 9.88 Å². The highest BCUT2D eigenvalue weighted by Crippen LogP contribution is 2.28. The third-order valence-electron chi connectivity index (χ3n) is 4.19. The van der Waals surface area contributed by atoms with Gasteiger partial charge in [0.15, 0.2) is 5.03 Å². The minimum atomic E-state index is -3.47. The number of imidazole rings is 1. The second-order valence-corrected chi connectivity index (χ2v) is 7.10. The minimum Gasteiger partial charge on any atom is -0.332 e. The van der Waals surface area contributed by atoms with Crippen LogP contribution in [0.2, 0.25) is 0 Å². The molecule has 106 valence electrons. The fraction of sp³-hybridized carbons (Fsp3) is 0.750. The lowest BCUT2D eigenvalue weighted by molar-refractivity contribution is 0.0827. The van der Waals surface area contributed by atoms with Gasteiger partial charge in [-0.15, -0.1) is 0 Å². The average molecular weight is 284 g/mol. The van der Waals surface area contributed by atoms with Crippen molar-refractivity contribution in [1.82, 2.24) is 19.6 Å². The molecule has 0 amide bonds. The number of hydrogen-bond donors (Lipinski definition) is 2. The highest BCUT2D eigenvalue weighted by molar-refractivity contribution is 7.89. The van der Waals surface area contributed by atoms with E-state index in [4.69, 9.17) is 0 Å². The number of aromatic nitrogens is 2. The van der Waals surface area contributed by atoms with Crippen molar-refractivity contribution in [2.45, 2.75) is 37.3 Å². The van der Waals surface area contributed by atoms with Crippen molar-refractivity contribution in [1.29, 1.82) is 0 Å². The zero-order valence-corrected chi connectivity index (χ0v) is 11.9. The maximum atomic E-state index is 12.3. The molecule has 0 radical (unpaired) electrons. The van der Waals surface area contributed by atoms with Crippen LogP contribution in [0.15, 0.2) is 11.2 Å². The zero-order chi connectivity index (χ0) is 13.5. The first kappa shape index (κ1) is 13.1. The number of nitrogens with one attached hydrogen (secondary N) is 2. The molecule has 0 saturated carbocycles. The van der Waals surface area contributed by atoms with Crippen molar-refractivity contribution in [2.75, 3.05) is 19.6 Å². The fourth-order valence-corrected chi connectivity index (χ4v) is 4.26. The van der Waals surface area contributed by atoms with Crippen LogP contribution in [0.4, 0.5) is 0 Å². The Labute approximate surface area is 113 Å². The molecule has 1 aromatic rings. The Hall–Kier alpha value is -0.920. The van der Waals surface area contributed by atoms with Gasteiger partial charge in [-0.1, -0.05) is 6.92 Å². The molecule has 3 aliphatic heterocycles. The molecule has 1 unspecified atom stereocenters. The summed E-state index contributed by atoms with van der Waals surface area (Å²) in [6.45, 7) is 4.98. The third-order valence-corrected chi connectivity index (χ3v) is 5.59. The van der Waals surface area contributed by atoms with Crippen molar-refractivity contribution in [3.05, 3.63) is 12.0 Å². The van der Waals surface area contributed by atoms with Gasteiger partial charge in [0, 0.05) is 19.0 Å². The number of aryl methyl sites for hydroxylation is 1. The van der Waals surface area contributed by atoms with Crippen LogP contribution in [0, 0.1) is 5.92 Å². The predicted molar refractivity (Wildman–Crippen MR) is 71.2 cm³/mol. The van der Waals surface area contributed by atoms with Crippen molar-refractivity contribution >= 4 is 10.0 Å². The Balaban J connectivity index is 1.74. The third kappa shape index (κ3) is 2.54. The van der Waals surface area contributed by atoms with Crippen LogP contribution in [0.1, 0.15) is 25.6 Å². The lowest BCUT2D eigenvalue weighted by Crippen LogP contribution is -2.57. The van der Waals surface area contributed by atoms with Gasteiger partial charge in [0.2, 0.25) is 0 Å². The summed E-state index contributed by atoms with van der Waals surface area (Å²) >= 11 is 0. The molecule has 3 fully saturated rings. The Bertz CT molecular complexity index is 546. The van der Waals surface area contributed by atoms with Gasteiger partial charge in [-0.25, -0.2) is 18.1 Å². The maximum Gasteiger partial charge on any atom is 0.257 e. The molecule has 0 spiro atoms. The molecule has 2 bridgehead atoms. The molecular weight excluding hydrogens is 264 g/mol. The van der Waals surface area contributed by atoms with E-state index in [-0.39, 0.29) is 11.1 Å². The molecule has 0 aliphatic carbocycles. The van der Waals surface area contributed by atoms with Crippen molar-refractivity contribution < 1.29 is 8.42 Å². The summed E-state index contributed by atoms with van der Waals surface area (Å²) in [6.07, 6.45) is 4.30. The van der Waals surface area contributed by atoms with Gasteiger partial charge in [-0.3, -0.25) is 0 Å².